The Morgan fingerprint density at radius 3 is 3.25 bits per heavy atom. The number of hydrogen-bond donors (Lipinski definition) is 2. The molecule has 0 radical (unpaired) electrons. The third-order valence-corrected chi connectivity index (χ3v) is 2.56. The van der Waals surface area contributed by atoms with E-state index in [1.54, 1.807) is 11.6 Å². The van der Waals surface area contributed by atoms with Crippen molar-refractivity contribution in [3.8, 4) is 0 Å². The normalized spacial score (nSPS) is 14.4. The van der Waals surface area contributed by atoms with E-state index in [9.17, 15) is 4.79 Å². The number of fused-ring (bicyclic) bond motifs is 1. The summed E-state index contributed by atoms with van der Waals surface area (Å²) in [6, 6.07) is 0. The summed E-state index contributed by atoms with van der Waals surface area (Å²) in [5, 5.41) is 10.3. The van der Waals surface area contributed by atoms with E-state index in [2.05, 4.69) is 15.7 Å². The van der Waals surface area contributed by atoms with Crippen LogP contribution in [0.1, 0.15) is 18.2 Å². The minimum Gasteiger partial charge on any atom is -0.450 e. The molecule has 0 bridgehead atoms. The van der Waals surface area contributed by atoms with Gasteiger partial charge in [0.25, 0.3) is 0 Å². The molecular formula is C10H16N4O2. The highest BCUT2D eigenvalue weighted by Crippen LogP contribution is 2.21. The number of nitrogens with one attached hydrogen (secondary N) is 2. The molecule has 0 spiro atoms. The van der Waals surface area contributed by atoms with Crippen molar-refractivity contribution in [1.82, 2.24) is 15.1 Å². The molecule has 0 aromatic carbocycles. The van der Waals surface area contributed by atoms with Crippen LogP contribution in [0.2, 0.25) is 0 Å². The highest BCUT2D eigenvalue weighted by atomic mass is 16.5. The number of carbonyl (C=O) groups excluding carboxylic acids is 1. The van der Waals surface area contributed by atoms with Crippen LogP contribution in [0.3, 0.4) is 0 Å². The van der Waals surface area contributed by atoms with E-state index in [1.165, 1.54) is 0 Å². The number of aromatic nitrogens is 2. The second-order valence-corrected chi connectivity index (χ2v) is 3.67. The number of amides is 1. The molecule has 1 aliphatic rings. The molecule has 2 N–H and O–H groups in total. The first-order valence-electron chi connectivity index (χ1n) is 5.41. The number of hydrogen-bond acceptors (Lipinski definition) is 4. The van der Waals surface area contributed by atoms with E-state index < -0.39 is 6.09 Å². The van der Waals surface area contributed by atoms with Crippen molar-refractivity contribution in [1.29, 1.82) is 0 Å². The average molecular weight is 224 g/mol. The van der Waals surface area contributed by atoms with Crippen molar-refractivity contribution in [3.05, 3.63) is 11.3 Å². The molecule has 16 heavy (non-hydrogen) atoms. The number of aryl methyl sites for hydroxylation is 1. The minimum absolute atomic E-state index is 0.365. The fraction of sp³-hybridized carbons (Fsp3) is 0.600. The predicted molar refractivity (Wildman–Crippen MR) is 59.3 cm³/mol. The predicted octanol–water partition coefficient (Wildman–Crippen LogP) is 0.634. The first-order valence-corrected chi connectivity index (χ1v) is 5.41. The molecule has 6 nitrogen and oxygen atoms in total. The molecule has 2 heterocycles. The smallest absolute Gasteiger partial charge is 0.412 e. The SMILES string of the molecule is CCOC(=O)Nc1c2c(nn1C)CCNC2. The molecule has 88 valence electrons. The van der Waals surface area contributed by atoms with Crippen molar-refractivity contribution in [2.24, 2.45) is 7.05 Å². The molecule has 0 saturated carbocycles. The molecule has 0 unspecified atom stereocenters. The Kier molecular flexibility index (Phi) is 3.09. The molecular weight excluding hydrogens is 208 g/mol. The molecule has 0 atom stereocenters. The Morgan fingerprint density at radius 2 is 2.50 bits per heavy atom. The molecule has 2 rings (SSSR count). The molecule has 0 saturated heterocycles. The third-order valence-electron chi connectivity index (χ3n) is 2.56. The molecule has 1 amide bonds. The van der Waals surface area contributed by atoms with E-state index in [1.807, 2.05) is 7.05 Å². The fourth-order valence-corrected chi connectivity index (χ4v) is 1.85. The molecule has 0 aliphatic carbocycles. The maximum Gasteiger partial charge on any atom is 0.412 e. The number of rotatable bonds is 2. The van der Waals surface area contributed by atoms with Gasteiger partial charge >= 0.3 is 6.09 Å². The Labute approximate surface area is 94.0 Å². The van der Waals surface area contributed by atoms with Gasteiger partial charge in [0.2, 0.25) is 0 Å². The summed E-state index contributed by atoms with van der Waals surface area (Å²) in [6.07, 6.45) is 0.465. The van der Waals surface area contributed by atoms with Crippen LogP contribution in [0.25, 0.3) is 0 Å². The highest BCUT2D eigenvalue weighted by molar-refractivity contribution is 5.84. The number of nitrogens with zero attached hydrogens (tertiary/aromatic N) is 2. The lowest BCUT2D eigenvalue weighted by molar-refractivity contribution is 0.167. The van der Waals surface area contributed by atoms with E-state index in [-0.39, 0.29) is 0 Å². The lowest BCUT2D eigenvalue weighted by Crippen LogP contribution is -2.24. The summed E-state index contributed by atoms with van der Waals surface area (Å²) < 4.78 is 6.54. The lowest BCUT2D eigenvalue weighted by atomic mass is 10.1. The van der Waals surface area contributed by atoms with Crippen LogP contribution in [0.5, 0.6) is 0 Å². The van der Waals surface area contributed by atoms with Crippen molar-refractivity contribution in [2.45, 2.75) is 19.9 Å². The van der Waals surface area contributed by atoms with Gasteiger partial charge in [-0.2, -0.15) is 5.10 Å². The van der Waals surface area contributed by atoms with Crippen molar-refractivity contribution >= 4 is 11.9 Å². The van der Waals surface area contributed by atoms with Gasteiger partial charge in [-0.3, -0.25) is 10.00 Å². The minimum atomic E-state index is -0.432. The van der Waals surface area contributed by atoms with Gasteiger partial charge in [-0.1, -0.05) is 0 Å². The van der Waals surface area contributed by atoms with Gasteiger partial charge in [-0.05, 0) is 6.92 Å². The lowest BCUT2D eigenvalue weighted by Gasteiger charge is -2.13. The quantitative estimate of drug-likeness (QED) is 0.773. The van der Waals surface area contributed by atoms with Crippen LogP contribution >= 0.6 is 0 Å². The first-order chi connectivity index (χ1) is 7.72. The van der Waals surface area contributed by atoms with E-state index in [0.717, 1.165) is 36.6 Å². The van der Waals surface area contributed by atoms with Crippen molar-refractivity contribution in [3.63, 3.8) is 0 Å². The molecule has 0 fully saturated rings. The molecule has 1 aliphatic heterocycles. The second-order valence-electron chi connectivity index (χ2n) is 3.67. The monoisotopic (exact) mass is 224 g/mol. The zero-order valence-electron chi connectivity index (χ0n) is 9.54. The van der Waals surface area contributed by atoms with E-state index >= 15 is 0 Å². The van der Waals surface area contributed by atoms with E-state index in [4.69, 9.17) is 4.74 Å². The first kappa shape index (κ1) is 10.9. The van der Waals surface area contributed by atoms with E-state index in [0.29, 0.717) is 6.61 Å². The zero-order valence-corrected chi connectivity index (χ0v) is 9.54. The maximum absolute atomic E-state index is 11.4. The average Bonchev–Trinajstić information content (AvgIpc) is 2.56. The molecule has 1 aromatic heterocycles. The molecule has 6 heteroatoms. The topological polar surface area (TPSA) is 68.2 Å². The number of ether oxygens (including phenoxy) is 1. The Morgan fingerprint density at radius 1 is 1.69 bits per heavy atom. The third kappa shape index (κ3) is 2.01. The van der Waals surface area contributed by atoms with Gasteiger partial charge in [-0.25, -0.2) is 4.79 Å². The summed E-state index contributed by atoms with van der Waals surface area (Å²) in [5.74, 6) is 0.723. The molecule has 1 aromatic rings. The second kappa shape index (κ2) is 4.52. The van der Waals surface area contributed by atoms with Crippen molar-refractivity contribution < 1.29 is 9.53 Å². The largest absolute Gasteiger partial charge is 0.450 e. The van der Waals surface area contributed by atoms with Crippen LogP contribution in [0, 0.1) is 0 Å². The standard InChI is InChI=1S/C10H16N4O2/c1-3-16-10(15)12-9-7-6-11-5-4-8(7)13-14(9)2/h11H,3-6H2,1-2H3,(H,12,15). The summed E-state index contributed by atoms with van der Waals surface area (Å²) in [4.78, 5) is 11.4. The fourth-order valence-electron chi connectivity index (χ4n) is 1.85. The maximum atomic E-state index is 11.4. The van der Waals surface area contributed by atoms with Gasteiger partial charge in [0.15, 0.2) is 0 Å². The summed E-state index contributed by atoms with van der Waals surface area (Å²) in [5.41, 5.74) is 2.11. The van der Waals surface area contributed by atoms with Gasteiger partial charge in [-0.15, -0.1) is 0 Å². The Hall–Kier alpha value is -1.56. The van der Waals surface area contributed by atoms with Crippen LogP contribution in [0.15, 0.2) is 0 Å². The van der Waals surface area contributed by atoms with Gasteiger partial charge in [0.1, 0.15) is 5.82 Å². The Balaban J connectivity index is 2.19. The number of carbonyl (C=O) groups is 1. The van der Waals surface area contributed by atoms with Crippen molar-refractivity contribution in [2.75, 3.05) is 18.5 Å². The van der Waals surface area contributed by atoms with Crippen LogP contribution in [-0.4, -0.2) is 29.0 Å². The summed E-state index contributed by atoms with van der Waals surface area (Å²) >= 11 is 0. The van der Waals surface area contributed by atoms with Gasteiger partial charge in [0, 0.05) is 32.1 Å². The summed E-state index contributed by atoms with van der Waals surface area (Å²) in [7, 11) is 1.82. The van der Waals surface area contributed by atoms with Crippen LogP contribution < -0.4 is 10.6 Å². The van der Waals surface area contributed by atoms with Crippen LogP contribution in [-0.2, 0) is 24.8 Å². The van der Waals surface area contributed by atoms with Crippen LogP contribution in [0.4, 0.5) is 10.6 Å². The summed E-state index contributed by atoms with van der Waals surface area (Å²) in [6.45, 7) is 3.82. The van der Waals surface area contributed by atoms with Gasteiger partial charge in [0.05, 0.1) is 12.3 Å². The zero-order chi connectivity index (χ0) is 11.5. The highest BCUT2D eigenvalue weighted by Gasteiger charge is 2.20. The number of anilines is 1. The van der Waals surface area contributed by atoms with Gasteiger partial charge < -0.3 is 10.1 Å². The Bertz CT molecular complexity index is 400.